The molecule has 176 valence electrons. The van der Waals surface area contributed by atoms with E-state index in [9.17, 15) is 13.2 Å². The molecule has 0 saturated heterocycles. The van der Waals surface area contributed by atoms with Gasteiger partial charge in [0.2, 0.25) is 15.9 Å². The molecule has 0 bridgehead atoms. The number of rotatable bonds is 10. The van der Waals surface area contributed by atoms with Gasteiger partial charge in [-0.1, -0.05) is 46.2 Å². The molecule has 1 fully saturated rings. The summed E-state index contributed by atoms with van der Waals surface area (Å²) in [5.41, 5.74) is 2.07. The Hall–Kier alpha value is -2.12. The highest BCUT2D eigenvalue weighted by Gasteiger charge is 2.35. The molecule has 1 heterocycles. The normalized spacial score (nSPS) is 14.7. The monoisotopic (exact) mass is 459 g/mol. The first kappa shape index (κ1) is 24.5. The summed E-state index contributed by atoms with van der Waals surface area (Å²) >= 11 is 0. The summed E-state index contributed by atoms with van der Waals surface area (Å²) in [6.45, 7) is 9.05. The van der Waals surface area contributed by atoms with E-state index in [1.165, 1.54) is 4.31 Å². The third-order valence-corrected chi connectivity index (χ3v) is 7.98. The van der Waals surface area contributed by atoms with Crippen LogP contribution in [0.3, 0.4) is 0 Å². The number of sulfonamides is 1. The largest absolute Gasteiger partial charge is 0.353 e. The smallest absolute Gasteiger partial charge is 0.243 e. The lowest BCUT2D eigenvalue weighted by Gasteiger charge is -2.28. The van der Waals surface area contributed by atoms with Crippen LogP contribution in [0, 0.1) is 0 Å². The molecule has 32 heavy (non-hydrogen) atoms. The van der Waals surface area contributed by atoms with E-state index in [0.29, 0.717) is 19.5 Å². The van der Waals surface area contributed by atoms with Crippen LogP contribution in [0.15, 0.2) is 47.5 Å². The lowest BCUT2D eigenvalue weighted by molar-refractivity contribution is -0.132. The highest BCUT2D eigenvalue weighted by atomic mass is 32.2. The van der Waals surface area contributed by atoms with E-state index in [4.69, 9.17) is 0 Å². The van der Waals surface area contributed by atoms with Crippen molar-refractivity contribution < 1.29 is 13.2 Å². The standard InChI is InChI=1S/C25H37N3O3S/c1-6-7-17-27(32(30,31)23-14-10-20(11-15-23)25(2,3)4)19-24(29)28(21-12-13-21)18-22-9-8-16-26(22)5/h8-11,14-16,21H,6-7,12-13,17-19H2,1-5H3. The summed E-state index contributed by atoms with van der Waals surface area (Å²) < 4.78 is 30.3. The molecule has 1 aliphatic rings. The zero-order valence-corrected chi connectivity index (χ0v) is 20.9. The minimum Gasteiger partial charge on any atom is -0.353 e. The number of amides is 1. The predicted octanol–water partition coefficient (Wildman–Crippen LogP) is 4.30. The maximum absolute atomic E-state index is 13.5. The van der Waals surface area contributed by atoms with Crippen molar-refractivity contribution in [2.75, 3.05) is 13.1 Å². The van der Waals surface area contributed by atoms with Gasteiger partial charge in [0.15, 0.2) is 0 Å². The van der Waals surface area contributed by atoms with Crippen molar-refractivity contribution in [1.82, 2.24) is 13.8 Å². The van der Waals surface area contributed by atoms with Crippen LogP contribution in [0.2, 0.25) is 0 Å². The van der Waals surface area contributed by atoms with Gasteiger partial charge >= 0.3 is 0 Å². The topological polar surface area (TPSA) is 62.6 Å². The number of carbonyl (C=O) groups is 1. The van der Waals surface area contributed by atoms with E-state index in [2.05, 4.69) is 20.8 Å². The molecule has 0 unspecified atom stereocenters. The van der Waals surface area contributed by atoms with Gasteiger partial charge in [-0.25, -0.2) is 8.42 Å². The summed E-state index contributed by atoms with van der Waals surface area (Å²) in [6.07, 6.45) is 5.50. The lowest BCUT2D eigenvalue weighted by atomic mass is 9.87. The Kier molecular flexibility index (Phi) is 7.50. The minimum absolute atomic E-state index is 0.0537. The number of benzene rings is 1. The van der Waals surface area contributed by atoms with Crippen LogP contribution in [-0.4, -0.2) is 47.2 Å². The highest BCUT2D eigenvalue weighted by molar-refractivity contribution is 7.89. The van der Waals surface area contributed by atoms with Crippen LogP contribution in [0.5, 0.6) is 0 Å². The van der Waals surface area contributed by atoms with E-state index in [0.717, 1.165) is 30.5 Å². The van der Waals surface area contributed by atoms with Gasteiger partial charge in [-0.2, -0.15) is 4.31 Å². The van der Waals surface area contributed by atoms with Crippen molar-refractivity contribution in [3.8, 4) is 0 Å². The number of aromatic nitrogens is 1. The summed E-state index contributed by atoms with van der Waals surface area (Å²) in [5, 5.41) is 0. The summed E-state index contributed by atoms with van der Waals surface area (Å²) in [6, 6.07) is 11.3. The van der Waals surface area contributed by atoms with Crippen molar-refractivity contribution in [2.24, 2.45) is 7.05 Å². The van der Waals surface area contributed by atoms with Gasteiger partial charge in [0, 0.05) is 31.5 Å². The second-order valence-electron chi connectivity index (χ2n) is 9.83. The van der Waals surface area contributed by atoms with Crippen molar-refractivity contribution in [2.45, 2.75) is 76.3 Å². The fourth-order valence-corrected chi connectivity index (χ4v) is 5.21. The molecule has 0 N–H and O–H groups in total. The van der Waals surface area contributed by atoms with Crippen LogP contribution in [0.1, 0.15) is 64.6 Å². The van der Waals surface area contributed by atoms with Crippen molar-refractivity contribution in [3.63, 3.8) is 0 Å². The van der Waals surface area contributed by atoms with Gasteiger partial charge in [0.05, 0.1) is 18.0 Å². The van der Waals surface area contributed by atoms with Crippen LogP contribution >= 0.6 is 0 Å². The molecule has 1 aliphatic carbocycles. The summed E-state index contributed by atoms with van der Waals surface area (Å²) in [4.78, 5) is 15.4. The molecule has 7 heteroatoms. The molecular formula is C25H37N3O3S. The number of carbonyl (C=O) groups excluding carboxylic acids is 1. The Morgan fingerprint density at radius 2 is 1.78 bits per heavy atom. The molecule has 0 radical (unpaired) electrons. The molecule has 0 spiro atoms. The van der Waals surface area contributed by atoms with Gasteiger partial charge in [-0.3, -0.25) is 4.79 Å². The fourth-order valence-electron chi connectivity index (χ4n) is 3.78. The predicted molar refractivity (Wildman–Crippen MR) is 128 cm³/mol. The van der Waals surface area contributed by atoms with Crippen LogP contribution in [0.25, 0.3) is 0 Å². The van der Waals surface area contributed by atoms with Crippen molar-refractivity contribution in [3.05, 3.63) is 53.9 Å². The number of hydrogen-bond acceptors (Lipinski definition) is 3. The fraction of sp³-hybridized carbons (Fsp3) is 0.560. The first-order valence-electron chi connectivity index (χ1n) is 11.5. The molecular weight excluding hydrogens is 422 g/mol. The second-order valence-corrected chi connectivity index (χ2v) is 11.8. The Morgan fingerprint density at radius 3 is 2.28 bits per heavy atom. The van der Waals surface area contributed by atoms with E-state index < -0.39 is 10.0 Å². The van der Waals surface area contributed by atoms with E-state index in [-0.39, 0.29) is 28.8 Å². The molecule has 1 amide bonds. The Labute approximate surface area is 193 Å². The van der Waals surface area contributed by atoms with Gasteiger partial charge in [0.25, 0.3) is 0 Å². The summed E-state index contributed by atoms with van der Waals surface area (Å²) in [5.74, 6) is -0.125. The third kappa shape index (κ3) is 5.81. The second kappa shape index (κ2) is 9.79. The molecule has 0 atom stereocenters. The Balaban J connectivity index is 1.81. The third-order valence-electron chi connectivity index (χ3n) is 6.12. The van der Waals surface area contributed by atoms with Crippen LogP contribution in [-0.2, 0) is 33.8 Å². The van der Waals surface area contributed by atoms with Crippen LogP contribution in [0.4, 0.5) is 0 Å². The molecule has 2 aromatic rings. The van der Waals surface area contributed by atoms with Gasteiger partial charge in [-0.15, -0.1) is 0 Å². The number of hydrogen-bond donors (Lipinski definition) is 0. The van der Waals surface area contributed by atoms with E-state index >= 15 is 0 Å². The first-order chi connectivity index (χ1) is 15.0. The molecule has 1 aromatic carbocycles. The zero-order chi connectivity index (χ0) is 23.5. The summed E-state index contributed by atoms with van der Waals surface area (Å²) in [7, 11) is -1.80. The molecule has 3 rings (SSSR count). The SMILES string of the molecule is CCCCN(CC(=O)N(Cc1cccn1C)C1CC1)S(=O)(=O)c1ccc(C(C)(C)C)cc1. The lowest BCUT2D eigenvalue weighted by Crippen LogP contribution is -2.44. The highest BCUT2D eigenvalue weighted by Crippen LogP contribution is 2.29. The Bertz CT molecular complexity index is 1020. The van der Waals surface area contributed by atoms with Gasteiger partial charge in [0.1, 0.15) is 0 Å². The van der Waals surface area contributed by atoms with Crippen molar-refractivity contribution >= 4 is 15.9 Å². The van der Waals surface area contributed by atoms with E-state index in [1.54, 1.807) is 12.1 Å². The molecule has 0 aliphatic heterocycles. The minimum atomic E-state index is -3.76. The average Bonchev–Trinajstić information content (AvgIpc) is 3.50. The maximum atomic E-state index is 13.5. The number of aryl methyl sites for hydroxylation is 1. The quantitative estimate of drug-likeness (QED) is 0.532. The average molecular weight is 460 g/mol. The molecule has 6 nitrogen and oxygen atoms in total. The molecule has 1 aromatic heterocycles. The van der Waals surface area contributed by atoms with Gasteiger partial charge < -0.3 is 9.47 Å². The number of nitrogens with zero attached hydrogens (tertiary/aromatic N) is 3. The number of unbranched alkanes of at least 4 members (excludes halogenated alkanes) is 1. The van der Waals surface area contributed by atoms with Gasteiger partial charge in [-0.05, 0) is 54.5 Å². The molecule has 1 saturated carbocycles. The van der Waals surface area contributed by atoms with Crippen molar-refractivity contribution in [1.29, 1.82) is 0 Å². The zero-order valence-electron chi connectivity index (χ0n) is 20.0. The Morgan fingerprint density at radius 1 is 1.12 bits per heavy atom. The van der Waals surface area contributed by atoms with Crippen LogP contribution < -0.4 is 0 Å². The maximum Gasteiger partial charge on any atom is 0.243 e. The van der Waals surface area contributed by atoms with E-state index in [1.807, 2.05) is 53.9 Å². The first-order valence-corrected chi connectivity index (χ1v) is 13.0.